The van der Waals surface area contributed by atoms with Gasteiger partial charge in [0.1, 0.15) is 11.6 Å². The maximum atomic E-state index is 14.0. The summed E-state index contributed by atoms with van der Waals surface area (Å²) in [5.74, 6) is -2.86. The number of nitrogens with one attached hydrogen (secondary N) is 1. The Morgan fingerprint density at radius 2 is 1.59 bits per heavy atom. The fourth-order valence-electron chi connectivity index (χ4n) is 3.98. The van der Waals surface area contributed by atoms with Crippen LogP contribution in [0.1, 0.15) is 6.42 Å². The second kappa shape index (κ2) is 8.29. The molecule has 1 unspecified atom stereocenters. The van der Waals surface area contributed by atoms with Crippen LogP contribution in [0.2, 0.25) is 0 Å². The van der Waals surface area contributed by atoms with E-state index in [0.29, 0.717) is 28.5 Å². The minimum absolute atomic E-state index is 0.108. The number of hydrogen-bond acceptors (Lipinski definition) is 3. The van der Waals surface area contributed by atoms with Crippen LogP contribution in [0.4, 0.5) is 43.8 Å². The number of fused-ring (bicyclic) bond motifs is 1. The van der Waals surface area contributed by atoms with Crippen LogP contribution in [-0.4, -0.2) is 55.2 Å². The van der Waals surface area contributed by atoms with Crippen LogP contribution in [0.25, 0.3) is 0 Å². The molecule has 0 bridgehead atoms. The van der Waals surface area contributed by atoms with E-state index in [0.717, 1.165) is 0 Å². The van der Waals surface area contributed by atoms with Crippen molar-refractivity contribution in [2.45, 2.75) is 18.6 Å². The molecule has 2 aromatic carbocycles. The van der Waals surface area contributed by atoms with Crippen LogP contribution in [0.15, 0.2) is 42.5 Å². The third-order valence-corrected chi connectivity index (χ3v) is 5.50. The number of alkyl halides is 3. The van der Waals surface area contributed by atoms with Gasteiger partial charge in [0.05, 0.1) is 11.4 Å². The highest BCUT2D eigenvalue weighted by atomic mass is 19.4. The first-order chi connectivity index (χ1) is 15.1. The molecule has 0 spiro atoms. The fourth-order valence-corrected chi connectivity index (χ4v) is 3.98. The van der Waals surface area contributed by atoms with E-state index in [2.05, 4.69) is 5.32 Å². The van der Waals surface area contributed by atoms with Gasteiger partial charge in [-0.1, -0.05) is 0 Å². The highest BCUT2D eigenvalue weighted by Crippen LogP contribution is 2.38. The van der Waals surface area contributed by atoms with Crippen LogP contribution in [-0.2, 0) is 4.79 Å². The molecule has 32 heavy (non-hydrogen) atoms. The van der Waals surface area contributed by atoms with E-state index in [9.17, 15) is 31.5 Å². The average Bonchev–Trinajstić information content (AvgIpc) is 3.20. The molecule has 2 aromatic rings. The Bertz CT molecular complexity index is 1030. The van der Waals surface area contributed by atoms with Gasteiger partial charge in [-0.05, 0) is 48.9 Å². The number of benzene rings is 2. The summed E-state index contributed by atoms with van der Waals surface area (Å²) >= 11 is 0. The minimum Gasteiger partial charge on any atom is -0.338 e. The molecule has 0 aromatic heterocycles. The first-order valence-corrected chi connectivity index (χ1v) is 9.90. The second-order valence-electron chi connectivity index (χ2n) is 7.60. The van der Waals surface area contributed by atoms with E-state index in [1.54, 1.807) is 17.0 Å². The normalized spacial score (nSPS) is 18.5. The molecule has 1 N–H and O–H groups in total. The molecule has 170 valence electrons. The van der Waals surface area contributed by atoms with Gasteiger partial charge < -0.3 is 15.1 Å². The zero-order valence-electron chi connectivity index (χ0n) is 16.7. The first kappa shape index (κ1) is 21.8. The summed E-state index contributed by atoms with van der Waals surface area (Å²) in [5, 5.41) is 2.67. The second-order valence-corrected chi connectivity index (χ2v) is 7.60. The number of halogens is 5. The molecule has 2 heterocycles. The zero-order chi connectivity index (χ0) is 23.0. The number of anilines is 3. The molecule has 2 aliphatic rings. The van der Waals surface area contributed by atoms with E-state index in [1.165, 1.54) is 35.2 Å². The molecule has 1 saturated heterocycles. The third-order valence-electron chi connectivity index (χ3n) is 5.50. The van der Waals surface area contributed by atoms with E-state index in [-0.39, 0.29) is 26.1 Å². The van der Waals surface area contributed by atoms with Gasteiger partial charge in [-0.3, -0.25) is 9.69 Å². The molecule has 0 aliphatic carbocycles. The monoisotopic (exact) mass is 454 g/mol. The van der Waals surface area contributed by atoms with E-state index in [1.807, 2.05) is 0 Å². The number of likely N-dealkylation sites (tertiary alicyclic amines) is 1. The zero-order valence-corrected chi connectivity index (χ0v) is 16.7. The van der Waals surface area contributed by atoms with E-state index >= 15 is 0 Å². The molecule has 4 rings (SSSR count). The van der Waals surface area contributed by atoms with Crippen LogP contribution in [0.5, 0.6) is 0 Å². The summed E-state index contributed by atoms with van der Waals surface area (Å²) in [6, 6.07) is 8.37. The van der Waals surface area contributed by atoms with Gasteiger partial charge in [-0.25, -0.2) is 13.6 Å². The van der Waals surface area contributed by atoms with Gasteiger partial charge in [0.15, 0.2) is 0 Å². The number of nitrogens with zero attached hydrogens (tertiary/aromatic N) is 3. The Morgan fingerprint density at radius 1 is 0.906 bits per heavy atom. The summed E-state index contributed by atoms with van der Waals surface area (Å²) in [6.07, 6.45) is -4.77. The molecule has 2 aliphatic heterocycles. The molecule has 6 nitrogen and oxygen atoms in total. The van der Waals surface area contributed by atoms with Crippen molar-refractivity contribution in [3.8, 4) is 0 Å². The van der Waals surface area contributed by atoms with Crippen molar-refractivity contribution in [1.82, 2.24) is 10.2 Å². The number of carbonyl (C=O) groups excluding carboxylic acids is 2. The topological polar surface area (TPSA) is 55.9 Å². The summed E-state index contributed by atoms with van der Waals surface area (Å²) in [7, 11) is 0. The fraction of sp³-hybridized carbons (Fsp3) is 0.333. The van der Waals surface area contributed by atoms with Gasteiger partial charge in [0, 0.05) is 37.9 Å². The van der Waals surface area contributed by atoms with Gasteiger partial charge >= 0.3 is 18.1 Å². The lowest BCUT2D eigenvalue weighted by Gasteiger charge is -2.38. The Morgan fingerprint density at radius 3 is 2.28 bits per heavy atom. The van der Waals surface area contributed by atoms with Crippen molar-refractivity contribution in [2.24, 2.45) is 0 Å². The molecule has 1 fully saturated rings. The molecule has 0 saturated carbocycles. The Balaban J connectivity index is 1.50. The van der Waals surface area contributed by atoms with Gasteiger partial charge in [-0.15, -0.1) is 0 Å². The van der Waals surface area contributed by atoms with Gasteiger partial charge in [-0.2, -0.15) is 13.2 Å². The summed E-state index contributed by atoms with van der Waals surface area (Å²) in [5.41, 5.74) is 1.43. The van der Waals surface area contributed by atoms with Gasteiger partial charge in [0.2, 0.25) is 0 Å². The Kier molecular flexibility index (Phi) is 5.66. The number of urea groups is 1. The largest absolute Gasteiger partial charge is 0.471 e. The lowest BCUT2D eigenvalue weighted by atomic mass is 10.1. The molecular weight excluding hydrogens is 435 g/mol. The van der Waals surface area contributed by atoms with Crippen molar-refractivity contribution in [3.05, 3.63) is 54.1 Å². The quantitative estimate of drug-likeness (QED) is 0.703. The highest BCUT2D eigenvalue weighted by molar-refractivity contribution is 5.98. The molecule has 11 heteroatoms. The molecule has 3 amide bonds. The Hall–Kier alpha value is -3.37. The van der Waals surface area contributed by atoms with Gasteiger partial charge in [0.25, 0.3) is 0 Å². The lowest BCUT2D eigenvalue weighted by Crippen LogP contribution is -2.51. The van der Waals surface area contributed by atoms with Crippen molar-refractivity contribution < 1.29 is 31.5 Å². The maximum Gasteiger partial charge on any atom is 0.471 e. The van der Waals surface area contributed by atoms with Crippen LogP contribution in [0, 0.1) is 11.6 Å². The van der Waals surface area contributed by atoms with Crippen molar-refractivity contribution >= 4 is 29.0 Å². The summed E-state index contributed by atoms with van der Waals surface area (Å²) < 4.78 is 65.2. The number of hydrogen-bond donors (Lipinski definition) is 1. The van der Waals surface area contributed by atoms with E-state index < -0.39 is 35.8 Å². The van der Waals surface area contributed by atoms with Crippen LogP contribution >= 0.6 is 0 Å². The van der Waals surface area contributed by atoms with Crippen molar-refractivity contribution in [1.29, 1.82) is 0 Å². The highest BCUT2D eigenvalue weighted by Gasteiger charge is 2.45. The third kappa shape index (κ3) is 4.32. The Labute approximate surface area is 180 Å². The maximum absolute atomic E-state index is 14.0. The SMILES string of the molecule is O=C(NC1CCN(C(=O)C(F)(F)F)C1)N1CCN(c2ccc(F)cc2)c2cc(F)ccc21. The number of amides is 3. The molecule has 1 atom stereocenters. The van der Waals surface area contributed by atoms with Crippen molar-refractivity contribution in [3.63, 3.8) is 0 Å². The molecular formula is C21H19F5N4O2. The predicted octanol–water partition coefficient (Wildman–Crippen LogP) is 3.80. The van der Waals surface area contributed by atoms with Crippen LogP contribution in [0.3, 0.4) is 0 Å². The van der Waals surface area contributed by atoms with Crippen LogP contribution < -0.4 is 15.1 Å². The number of carbonyl (C=O) groups is 2. The molecule has 0 radical (unpaired) electrons. The minimum atomic E-state index is -4.96. The lowest BCUT2D eigenvalue weighted by molar-refractivity contribution is -0.184. The smallest absolute Gasteiger partial charge is 0.338 e. The van der Waals surface area contributed by atoms with E-state index in [4.69, 9.17) is 0 Å². The average molecular weight is 454 g/mol. The first-order valence-electron chi connectivity index (χ1n) is 9.90. The standard InChI is InChI=1S/C21H19F5N4O2/c22-13-1-4-16(5-2-13)29-9-10-30(17-6-3-14(23)11-18(17)29)20(32)27-15-7-8-28(12-15)19(31)21(24,25)26/h1-6,11,15H,7-10,12H2,(H,27,32). The predicted molar refractivity (Wildman–Crippen MR) is 107 cm³/mol. The number of rotatable bonds is 2. The summed E-state index contributed by atoms with van der Waals surface area (Å²) in [4.78, 5) is 28.1. The summed E-state index contributed by atoms with van der Waals surface area (Å²) in [6.45, 7) is 0.151. The van der Waals surface area contributed by atoms with Crippen molar-refractivity contribution in [2.75, 3.05) is 36.0 Å².